The van der Waals surface area contributed by atoms with Crippen molar-refractivity contribution < 1.29 is 13.9 Å². The summed E-state index contributed by atoms with van der Waals surface area (Å²) >= 11 is 1.57. The highest BCUT2D eigenvalue weighted by atomic mass is 32.1. The summed E-state index contributed by atoms with van der Waals surface area (Å²) in [5, 5.41) is 5.61. The number of piperidine rings is 1. The predicted octanol–water partition coefficient (Wildman–Crippen LogP) is 5.22. The molecule has 1 amide bonds. The molecular formula is C28H31FN6O2S. The maximum atomic E-state index is 13.4. The SMILES string of the molecule is CCc1nc2ccc(C3CCN(C[C@@H]4CNC(=O)O4)CC3)cn2c1N(C)c1nc(-c2ccc(F)cc2)cs1. The van der Waals surface area contributed by atoms with Crippen LogP contribution in [0.1, 0.15) is 36.9 Å². The van der Waals surface area contributed by atoms with Crippen LogP contribution < -0.4 is 10.2 Å². The number of nitrogens with zero attached hydrogens (tertiary/aromatic N) is 5. The largest absolute Gasteiger partial charge is 0.443 e. The molecule has 0 spiro atoms. The number of ether oxygens (including phenoxy) is 1. The molecular weight excluding hydrogens is 503 g/mol. The minimum atomic E-state index is -0.310. The van der Waals surface area contributed by atoms with Gasteiger partial charge in [-0.1, -0.05) is 13.0 Å². The molecule has 1 N–H and O–H groups in total. The van der Waals surface area contributed by atoms with Gasteiger partial charge in [-0.3, -0.25) is 9.30 Å². The fourth-order valence-corrected chi connectivity index (χ4v) is 6.27. The molecule has 2 saturated heterocycles. The van der Waals surface area contributed by atoms with Gasteiger partial charge < -0.3 is 15.0 Å². The molecule has 1 atom stereocenters. The van der Waals surface area contributed by atoms with Crippen LogP contribution in [-0.2, 0) is 11.2 Å². The number of rotatable bonds is 7. The van der Waals surface area contributed by atoms with Gasteiger partial charge in [0.25, 0.3) is 0 Å². The van der Waals surface area contributed by atoms with E-state index < -0.39 is 0 Å². The number of cyclic esters (lactones) is 1. The number of likely N-dealkylation sites (tertiary alicyclic amines) is 1. The number of carbonyl (C=O) groups excluding carboxylic acids is 1. The Labute approximate surface area is 225 Å². The molecule has 0 unspecified atom stereocenters. The summed E-state index contributed by atoms with van der Waals surface area (Å²) in [5.74, 6) is 1.24. The number of pyridine rings is 1. The fraction of sp³-hybridized carbons (Fsp3) is 0.393. The van der Waals surface area contributed by atoms with Crippen LogP contribution in [0.25, 0.3) is 16.9 Å². The average Bonchev–Trinajstić information content (AvgIpc) is 3.67. The third-order valence-corrected chi connectivity index (χ3v) is 8.44. The Bertz CT molecular complexity index is 1440. The van der Waals surface area contributed by atoms with Crippen LogP contribution in [0.5, 0.6) is 0 Å². The lowest BCUT2D eigenvalue weighted by atomic mass is 9.90. The topological polar surface area (TPSA) is 75.0 Å². The van der Waals surface area contributed by atoms with Gasteiger partial charge in [-0.15, -0.1) is 11.3 Å². The summed E-state index contributed by atoms with van der Waals surface area (Å²) in [7, 11) is 2.03. The van der Waals surface area contributed by atoms with E-state index in [-0.39, 0.29) is 18.0 Å². The van der Waals surface area contributed by atoms with Crippen LogP contribution in [0.15, 0.2) is 48.0 Å². The number of thiazole rings is 1. The van der Waals surface area contributed by atoms with Crippen molar-refractivity contribution in [3.8, 4) is 11.3 Å². The third-order valence-electron chi connectivity index (χ3n) is 7.53. The van der Waals surface area contributed by atoms with E-state index in [0.29, 0.717) is 12.5 Å². The fourth-order valence-electron chi connectivity index (χ4n) is 5.46. The van der Waals surface area contributed by atoms with Crippen LogP contribution in [0.4, 0.5) is 20.1 Å². The van der Waals surface area contributed by atoms with Crippen molar-refractivity contribution in [3.63, 3.8) is 0 Å². The van der Waals surface area contributed by atoms with Crippen LogP contribution in [-0.4, -0.2) is 64.7 Å². The van der Waals surface area contributed by atoms with Gasteiger partial charge in [0, 0.05) is 30.7 Å². The molecule has 5 heterocycles. The number of hydrogen-bond donors (Lipinski definition) is 1. The first-order valence-corrected chi connectivity index (χ1v) is 14.0. The summed E-state index contributed by atoms with van der Waals surface area (Å²) in [6.07, 6.45) is 4.81. The lowest BCUT2D eigenvalue weighted by Crippen LogP contribution is -2.39. The molecule has 10 heteroatoms. The number of anilines is 2. The van der Waals surface area contributed by atoms with E-state index in [1.165, 1.54) is 17.7 Å². The average molecular weight is 535 g/mol. The van der Waals surface area contributed by atoms with Gasteiger partial charge in [0.05, 0.1) is 17.9 Å². The van der Waals surface area contributed by atoms with E-state index >= 15 is 0 Å². The number of aryl methyl sites for hydroxylation is 1. The second-order valence-electron chi connectivity index (χ2n) is 9.99. The number of nitrogens with one attached hydrogen (secondary N) is 1. The molecule has 198 valence electrons. The van der Waals surface area contributed by atoms with E-state index in [4.69, 9.17) is 14.7 Å². The van der Waals surface area contributed by atoms with E-state index in [1.54, 1.807) is 23.5 Å². The molecule has 0 saturated carbocycles. The van der Waals surface area contributed by atoms with Crippen molar-refractivity contribution in [1.82, 2.24) is 24.6 Å². The molecule has 2 aliphatic heterocycles. The lowest BCUT2D eigenvalue weighted by molar-refractivity contribution is 0.0974. The summed E-state index contributed by atoms with van der Waals surface area (Å²) in [5.41, 5.74) is 4.99. The number of amides is 1. The molecule has 2 aliphatic rings. The van der Waals surface area contributed by atoms with E-state index in [9.17, 15) is 9.18 Å². The van der Waals surface area contributed by atoms with Gasteiger partial charge in [0.1, 0.15) is 23.4 Å². The Morgan fingerprint density at radius 1 is 1.16 bits per heavy atom. The Kier molecular flexibility index (Phi) is 6.75. The zero-order valence-corrected chi connectivity index (χ0v) is 22.4. The highest BCUT2D eigenvalue weighted by molar-refractivity contribution is 7.14. The standard InChI is InChI=1S/C28H31FN6O2S/c1-3-23-26(33(2)27-32-24(17-38-27)19-4-7-21(29)8-5-19)35-15-20(6-9-25(35)31-23)18-10-12-34(13-11-18)16-22-14-30-28(36)37-22/h4-9,15,17-18,22H,3,10-14,16H2,1-2H3,(H,30,36)/t22-/m0/s1. The minimum absolute atomic E-state index is 0.0543. The first kappa shape index (κ1) is 24.8. The van der Waals surface area contributed by atoms with Gasteiger partial charge in [0.2, 0.25) is 0 Å². The van der Waals surface area contributed by atoms with Crippen molar-refractivity contribution in [1.29, 1.82) is 0 Å². The van der Waals surface area contributed by atoms with Gasteiger partial charge in [-0.25, -0.2) is 19.2 Å². The summed E-state index contributed by atoms with van der Waals surface area (Å²) in [6, 6.07) is 10.8. The zero-order valence-electron chi connectivity index (χ0n) is 21.6. The molecule has 0 bridgehead atoms. The van der Waals surface area contributed by atoms with Crippen molar-refractivity contribution in [2.75, 3.05) is 38.1 Å². The van der Waals surface area contributed by atoms with Crippen molar-refractivity contribution in [2.45, 2.75) is 38.2 Å². The van der Waals surface area contributed by atoms with Crippen molar-refractivity contribution >= 4 is 34.0 Å². The first-order valence-electron chi connectivity index (χ1n) is 13.1. The highest BCUT2D eigenvalue weighted by Crippen LogP contribution is 2.35. The molecule has 0 radical (unpaired) electrons. The van der Waals surface area contributed by atoms with Gasteiger partial charge in [0.15, 0.2) is 5.13 Å². The molecule has 8 nitrogen and oxygen atoms in total. The minimum Gasteiger partial charge on any atom is -0.443 e. The molecule has 2 fully saturated rings. The number of halogens is 1. The Hall–Kier alpha value is -3.50. The lowest BCUT2D eigenvalue weighted by Gasteiger charge is -2.33. The first-order chi connectivity index (χ1) is 18.5. The number of fused-ring (bicyclic) bond motifs is 1. The van der Waals surface area contributed by atoms with Crippen LogP contribution in [0, 0.1) is 5.82 Å². The molecule has 6 rings (SSSR count). The third kappa shape index (κ3) is 4.86. The molecule has 3 aromatic heterocycles. The summed E-state index contributed by atoms with van der Waals surface area (Å²) in [6.45, 7) is 5.47. The van der Waals surface area contributed by atoms with Crippen molar-refractivity contribution in [2.24, 2.45) is 0 Å². The summed E-state index contributed by atoms with van der Waals surface area (Å²) in [4.78, 5) is 25.6. The Morgan fingerprint density at radius 3 is 2.66 bits per heavy atom. The smallest absolute Gasteiger partial charge is 0.407 e. The molecule has 1 aromatic carbocycles. The molecule has 4 aromatic rings. The maximum Gasteiger partial charge on any atom is 0.407 e. The van der Waals surface area contributed by atoms with Gasteiger partial charge in [-0.05, 0) is 74.2 Å². The number of imidazole rings is 1. The van der Waals surface area contributed by atoms with E-state index in [0.717, 1.165) is 72.4 Å². The number of carbonyl (C=O) groups is 1. The number of alkyl carbamates (subject to hydrolysis) is 1. The van der Waals surface area contributed by atoms with E-state index in [1.807, 2.05) is 12.4 Å². The molecule has 38 heavy (non-hydrogen) atoms. The number of hydrogen-bond acceptors (Lipinski definition) is 7. The van der Waals surface area contributed by atoms with Crippen molar-refractivity contribution in [3.05, 3.63) is 65.0 Å². The Morgan fingerprint density at radius 2 is 1.95 bits per heavy atom. The molecule has 0 aliphatic carbocycles. The van der Waals surface area contributed by atoms with Crippen LogP contribution >= 0.6 is 11.3 Å². The quantitative estimate of drug-likeness (QED) is 0.351. The van der Waals surface area contributed by atoms with Crippen LogP contribution in [0.3, 0.4) is 0 Å². The van der Waals surface area contributed by atoms with Gasteiger partial charge in [-0.2, -0.15) is 0 Å². The predicted molar refractivity (Wildman–Crippen MR) is 147 cm³/mol. The monoisotopic (exact) mass is 534 g/mol. The maximum absolute atomic E-state index is 13.4. The highest BCUT2D eigenvalue weighted by Gasteiger charge is 2.28. The summed E-state index contributed by atoms with van der Waals surface area (Å²) < 4.78 is 20.9. The second kappa shape index (κ2) is 10.3. The van der Waals surface area contributed by atoms with Gasteiger partial charge >= 0.3 is 6.09 Å². The zero-order chi connectivity index (χ0) is 26.2. The normalized spacial score (nSPS) is 18.6. The second-order valence-corrected chi connectivity index (χ2v) is 10.8. The van der Waals surface area contributed by atoms with E-state index in [2.05, 4.69) is 44.8 Å². The number of benzene rings is 1. The number of aromatic nitrogens is 3. The Balaban J connectivity index is 1.22. The van der Waals surface area contributed by atoms with Crippen LogP contribution in [0.2, 0.25) is 0 Å².